The van der Waals surface area contributed by atoms with Crippen LogP contribution >= 0.6 is 0 Å². The summed E-state index contributed by atoms with van der Waals surface area (Å²) in [6.45, 7) is -0.598. The highest BCUT2D eigenvalue weighted by Crippen LogP contribution is 1.99. The molecule has 0 unspecified atom stereocenters. The standard InChI is InChI=1S/C6H10O5/c1-10-5(8)4(3-7)6(9)11-2/h4,7H,3H2,1-2H3. The predicted molar refractivity (Wildman–Crippen MR) is 34.6 cm³/mol. The molecule has 0 saturated heterocycles. The van der Waals surface area contributed by atoms with E-state index in [0.717, 1.165) is 14.2 Å². The molecule has 5 nitrogen and oxygen atoms in total. The number of ether oxygens (including phenoxy) is 2. The van der Waals surface area contributed by atoms with Crippen molar-refractivity contribution in [3.63, 3.8) is 0 Å². The molecule has 0 bridgehead atoms. The molecule has 0 rings (SSSR count). The molecule has 0 aliphatic heterocycles. The van der Waals surface area contributed by atoms with Crippen molar-refractivity contribution in [2.75, 3.05) is 20.8 Å². The second-order valence-corrected chi connectivity index (χ2v) is 1.78. The van der Waals surface area contributed by atoms with Crippen LogP contribution in [0.15, 0.2) is 0 Å². The summed E-state index contributed by atoms with van der Waals surface area (Å²) in [7, 11) is 2.27. The summed E-state index contributed by atoms with van der Waals surface area (Å²) in [6, 6.07) is 0. The molecular weight excluding hydrogens is 152 g/mol. The average molecular weight is 162 g/mol. The highest BCUT2D eigenvalue weighted by atomic mass is 16.5. The molecule has 1 N–H and O–H groups in total. The molecule has 11 heavy (non-hydrogen) atoms. The van der Waals surface area contributed by atoms with Gasteiger partial charge in [-0.2, -0.15) is 0 Å². The zero-order valence-corrected chi connectivity index (χ0v) is 6.36. The van der Waals surface area contributed by atoms with E-state index in [2.05, 4.69) is 9.47 Å². The molecule has 0 aromatic carbocycles. The van der Waals surface area contributed by atoms with Gasteiger partial charge in [0.25, 0.3) is 0 Å². The fourth-order valence-electron chi connectivity index (χ4n) is 0.530. The normalized spacial score (nSPS) is 9.45. The van der Waals surface area contributed by atoms with Crippen molar-refractivity contribution >= 4 is 11.9 Å². The molecule has 0 aromatic heterocycles. The number of aliphatic hydroxyl groups is 1. The van der Waals surface area contributed by atoms with Gasteiger partial charge in [0, 0.05) is 0 Å². The van der Waals surface area contributed by atoms with Crippen LogP contribution in [0, 0.1) is 5.92 Å². The highest BCUT2D eigenvalue weighted by molar-refractivity contribution is 5.94. The third-order valence-corrected chi connectivity index (χ3v) is 1.15. The second-order valence-electron chi connectivity index (χ2n) is 1.78. The van der Waals surface area contributed by atoms with Crippen LogP contribution in [0.25, 0.3) is 0 Å². The monoisotopic (exact) mass is 162 g/mol. The molecule has 0 aliphatic rings. The van der Waals surface area contributed by atoms with Crippen molar-refractivity contribution in [2.45, 2.75) is 0 Å². The first-order valence-electron chi connectivity index (χ1n) is 2.93. The number of esters is 2. The lowest BCUT2D eigenvalue weighted by atomic mass is 10.2. The summed E-state index contributed by atoms with van der Waals surface area (Å²) in [5.41, 5.74) is 0. The van der Waals surface area contributed by atoms with Gasteiger partial charge in [-0.05, 0) is 0 Å². The molecule has 0 atom stereocenters. The molecular formula is C6H10O5. The summed E-state index contributed by atoms with van der Waals surface area (Å²) >= 11 is 0. The fraction of sp³-hybridized carbons (Fsp3) is 0.667. The van der Waals surface area contributed by atoms with Gasteiger partial charge < -0.3 is 14.6 Å². The first kappa shape index (κ1) is 9.90. The summed E-state index contributed by atoms with van der Waals surface area (Å²) in [5.74, 6) is -2.80. The lowest BCUT2D eigenvalue weighted by Gasteiger charge is -2.07. The Labute approximate surface area is 63.9 Å². The molecule has 0 fully saturated rings. The molecule has 0 aromatic rings. The van der Waals surface area contributed by atoms with Crippen LogP contribution in [-0.2, 0) is 19.1 Å². The fourth-order valence-corrected chi connectivity index (χ4v) is 0.530. The van der Waals surface area contributed by atoms with E-state index in [-0.39, 0.29) is 0 Å². The highest BCUT2D eigenvalue weighted by Gasteiger charge is 2.27. The van der Waals surface area contributed by atoms with E-state index < -0.39 is 24.5 Å². The Morgan fingerprint density at radius 2 is 1.64 bits per heavy atom. The number of methoxy groups -OCH3 is 2. The van der Waals surface area contributed by atoms with E-state index >= 15 is 0 Å². The third kappa shape index (κ3) is 2.55. The van der Waals surface area contributed by atoms with Crippen molar-refractivity contribution < 1.29 is 24.2 Å². The van der Waals surface area contributed by atoms with Gasteiger partial charge in [-0.15, -0.1) is 0 Å². The molecule has 0 radical (unpaired) electrons. The number of hydrogen-bond donors (Lipinski definition) is 1. The van der Waals surface area contributed by atoms with Gasteiger partial charge in [-0.25, -0.2) is 0 Å². The summed E-state index contributed by atoms with van der Waals surface area (Å²) in [5, 5.41) is 8.53. The van der Waals surface area contributed by atoms with Crippen molar-refractivity contribution in [1.29, 1.82) is 0 Å². The van der Waals surface area contributed by atoms with E-state index in [9.17, 15) is 9.59 Å². The van der Waals surface area contributed by atoms with E-state index in [1.54, 1.807) is 0 Å². The third-order valence-electron chi connectivity index (χ3n) is 1.15. The minimum absolute atomic E-state index is 0.598. The predicted octanol–water partition coefficient (Wildman–Crippen LogP) is -1.06. The maximum Gasteiger partial charge on any atom is 0.322 e. The summed E-state index contributed by atoms with van der Waals surface area (Å²) in [6.07, 6.45) is 0. The van der Waals surface area contributed by atoms with E-state index in [4.69, 9.17) is 5.11 Å². The molecule has 64 valence electrons. The average Bonchev–Trinajstić information content (AvgIpc) is 2.05. The van der Waals surface area contributed by atoms with Gasteiger partial charge >= 0.3 is 11.9 Å². The lowest BCUT2D eigenvalue weighted by Crippen LogP contribution is -2.29. The van der Waals surface area contributed by atoms with Crippen LogP contribution in [0.4, 0.5) is 0 Å². The largest absolute Gasteiger partial charge is 0.468 e. The molecule has 0 heterocycles. The first-order valence-corrected chi connectivity index (χ1v) is 2.93. The van der Waals surface area contributed by atoms with Gasteiger partial charge in [-0.1, -0.05) is 0 Å². The topological polar surface area (TPSA) is 72.8 Å². The van der Waals surface area contributed by atoms with E-state index in [1.807, 2.05) is 0 Å². The van der Waals surface area contributed by atoms with Crippen molar-refractivity contribution in [1.82, 2.24) is 0 Å². The first-order chi connectivity index (χ1) is 5.17. The Morgan fingerprint density at radius 3 is 1.82 bits per heavy atom. The number of aliphatic hydroxyl groups excluding tert-OH is 1. The minimum atomic E-state index is -1.22. The van der Waals surface area contributed by atoms with Gasteiger partial charge in [0.1, 0.15) is 0 Å². The van der Waals surface area contributed by atoms with Gasteiger partial charge in [0.05, 0.1) is 20.8 Å². The Morgan fingerprint density at radius 1 is 1.27 bits per heavy atom. The molecule has 0 amide bonds. The zero-order chi connectivity index (χ0) is 8.85. The summed E-state index contributed by atoms with van der Waals surface area (Å²) in [4.78, 5) is 21.3. The molecule has 0 aliphatic carbocycles. The van der Waals surface area contributed by atoms with Crippen molar-refractivity contribution in [3.05, 3.63) is 0 Å². The Bertz CT molecular complexity index is 137. The smallest absolute Gasteiger partial charge is 0.322 e. The van der Waals surface area contributed by atoms with Crippen LogP contribution in [0.3, 0.4) is 0 Å². The molecule has 0 saturated carbocycles. The Hall–Kier alpha value is -1.10. The number of hydrogen-bond acceptors (Lipinski definition) is 5. The number of carbonyl (C=O) groups excluding carboxylic acids is 2. The minimum Gasteiger partial charge on any atom is -0.468 e. The van der Waals surface area contributed by atoms with E-state index in [0.29, 0.717) is 0 Å². The molecule has 5 heteroatoms. The van der Waals surface area contributed by atoms with Crippen LogP contribution in [0.5, 0.6) is 0 Å². The molecule has 0 spiro atoms. The maximum absolute atomic E-state index is 10.7. The van der Waals surface area contributed by atoms with Crippen LogP contribution < -0.4 is 0 Å². The Kier molecular flexibility index (Phi) is 4.21. The van der Waals surface area contributed by atoms with E-state index in [1.165, 1.54) is 0 Å². The van der Waals surface area contributed by atoms with Gasteiger partial charge in [0.2, 0.25) is 0 Å². The Balaban J connectivity index is 4.15. The van der Waals surface area contributed by atoms with Crippen LogP contribution in [-0.4, -0.2) is 37.9 Å². The summed E-state index contributed by atoms with van der Waals surface area (Å²) < 4.78 is 8.45. The van der Waals surface area contributed by atoms with Crippen molar-refractivity contribution in [3.8, 4) is 0 Å². The quantitative estimate of drug-likeness (QED) is 0.423. The van der Waals surface area contributed by atoms with Gasteiger partial charge in [0.15, 0.2) is 5.92 Å². The van der Waals surface area contributed by atoms with Crippen LogP contribution in [0.1, 0.15) is 0 Å². The second kappa shape index (κ2) is 4.68. The van der Waals surface area contributed by atoms with Crippen molar-refractivity contribution in [2.24, 2.45) is 5.92 Å². The maximum atomic E-state index is 10.7. The lowest BCUT2D eigenvalue weighted by molar-refractivity contribution is -0.160. The zero-order valence-electron chi connectivity index (χ0n) is 6.36. The van der Waals surface area contributed by atoms with Crippen LogP contribution in [0.2, 0.25) is 0 Å². The SMILES string of the molecule is COC(=O)C(CO)C(=O)OC. The van der Waals surface area contributed by atoms with Gasteiger partial charge in [-0.3, -0.25) is 9.59 Å². The number of carbonyl (C=O) groups is 2. The number of rotatable bonds is 3.